The number of fused-ring (bicyclic) bond motifs is 1. The van der Waals surface area contributed by atoms with E-state index in [1.165, 1.54) is 10.8 Å². The fourth-order valence-electron chi connectivity index (χ4n) is 2.22. The van der Waals surface area contributed by atoms with Crippen molar-refractivity contribution in [3.05, 3.63) is 47.3 Å². The van der Waals surface area contributed by atoms with Crippen LogP contribution in [0, 0.1) is 0 Å². The van der Waals surface area contributed by atoms with Gasteiger partial charge in [-0.15, -0.1) is 0 Å². The molecule has 0 atom stereocenters. The summed E-state index contributed by atoms with van der Waals surface area (Å²) in [6.07, 6.45) is 1.80. The zero-order valence-electron chi connectivity index (χ0n) is 10.7. The van der Waals surface area contributed by atoms with E-state index in [0.29, 0.717) is 0 Å². The van der Waals surface area contributed by atoms with Crippen molar-refractivity contribution in [3.8, 4) is 17.0 Å². The minimum atomic E-state index is 0.864. The summed E-state index contributed by atoms with van der Waals surface area (Å²) in [5.41, 5.74) is 2.22. The third-order valence-electron chi connectivity index (χ3n) is 3.21. The summed E-state index contributed by atoms with van der Waals surface area (Å²) >= 11 is 3.49. The van der Waals surface area contributed by atoms with Crippen LogP contribution < -0.4 is 4.74 Å². The van der Waals surface area contributed by atoms with E-state index in [9.17, 15) is 0 Å². The van der Waals surface area contributed by atoms with Gasteiger partial charge in [-0.2, -0.15) is 0 Å². The maximum Gasteiger partial charge on any atom is 0.132 e. The number of rotatable bonds is 2. The van der Waals surface area contributed by atoms with Crippen LogP contribution in [0.15, 0.2) is 47.3 Å². The predicted molar refractivity (Wildman–Crippen MR) is 80.4 cm³/mol. The Labute approximate surface area is 120 Å². The Morgan fingerprint density at radius 3 is 2.53 bits per heavy atom. The van der Waals surface area contributed by atoms with Crippen molar-refractivity contribution in [2.45, 2.75) is 0 Å². The van der Waals surface area contributed by atoms with Crippen molar-refractivity contribution in [3.63, 3.8) is 0 Å². The monoisotopic (exact) mass is 316 g/mol. The maximum atomic E-state index is 5.24. The van der Waals surface area contributed by atoms with E-state index < -0.39 is 0 Å². The molecule has 0 spiro atoms. The average molecular weight is 317 g/mol. The fraction of sp³-hybridized carbons (Fsp3) is 0.133. The van der Waals surface area contributed by atoms with Gasteiger partial charge in [0.1, 0.15) is 10.4 Å². The van der Waals surface area contributed by atoms with Gasteiger partial charge in [-0.1, -0.05) is 18.2 Å². The molecule has 0 saturated heterocycles. The molecule has 0 saturated carbocycles. The molecule has 0 aliphatic rings. The Balaban J connectivity index is 2.17. The highest BCUT2D eigenvalue weighted by Crippen LogP contribution is 2.30. The lowest BCUT2D eigenvalue weighted by molar-refractivity contribution is 0.415. The van der Waals surface area contributed by atoms with Crippen LogP contribution in [0.2, 0.25) is 0 Å². The molecular weight excluding hydrogens is 304 g/mol. The number of imidazole rings is 1. The number of halogens is 1. The van der Waals surface area contributed by atoms with Crippen molar-refractivity contribution in [1.29, 1.82) is 0 Å². The van der Waals surface area contributed by atoms with Gasteiger partial charge < -0.3 is 9.30 Å². The highest BCUT2D eigenvalue weighted by atomic mass is 79.9. The van der Waals surface area contributed by atoms with Gasteiger partial charge in [0.25, 0.3) is 0 Å². The summed E-state index contributed by atoms with van der Waals surface area (Å²) in [5.74, 6) is 0.877. The highest BCUT2D eigenvalue weighted by Gasteiger charge is 2.09. The molecule has 2 aromatic carbocycles. The lowest BCUT2D eigenvalue weighted by Gasteiger charge is -2.07. The summed E-state index contributed by atoms with van der Waals surface area (Å²) in [5, 5.41) is 2.35. The van der Waals surface area contributed by atoms with Crippen molar-refractivity contribution in [1.82, 2.24) is 9.55 Å². The Morgan fingerprint density at radius 1 is 1.11 bits per heavy atom. The molecule has 0 aliphatic heterocycles. The van der Waals surface area contributed by atoms with Crippen molar-refractivity contribution >= 4 is 26.7 Å². The Morgan fingerprint density at radius 2 is 1.84 bits per heavy atom. The first-order valence-electron chi connectivity index (χ1n) is 5.94. The molecule has 0 fully saturated rings. The third kappa shape index (κ3) is 2.12. The Kier molecular flexibility index (Phi) is 3.03. The molecule has 96 valence electrons. The van der Waals surface area contributed by atoms with E-state index >= 15 is 0 Å². The maximum absolute atomic E-state index is 5.24. The normalized spacial score (nSPS) is 10.9. The topological polar surface area (TPSA) is 27.1 Å². The predicted octanol–water partition coefficient (Wildman–Crippen LogP) is 4.01. The van der Waals surface area contributed by atoms with Crippen LogP contribution in [0.4, 0.5) is 0 Å². The second-order valence-electron chi connectivity index (χ2n) is 4.42. The van der Waals surface area contributed by atoms with Gasteiger partial charge in [0, 0.05) is 12.6 Å². The van der Waals surface area contributed by atoms with Crippen LogP contribution in [-0.4, -0.2) is 16.7 Å². The van der Waals surface area contributed by atoms with Gasteiger partial charge in [-0.05, 0) is 44.9 Å². The molecule has 3 rings (SSSR count). The molecule has 4 heteroatoms. The molecule has 0 radical (unpaired) electrons. The van der Waals surface area contributed by atoms with Gasteiger partial charge in [0.15, 0.2) is 0 Å². The Hall–Kier alpha value is -1.81. The minimum absolute atomic E-state index is 0.864. The molecule has 1 heterocycles. The number of aryl methyl sites for hydroxylation is 1. The lowest BCUT2D eigenvalue weighted by atomic mass is 10.1. The number of hydrogen-bond donors (Lipinski definition) is 0. The number of hydrogen-bond acceptors (Lipinski definition) is 2. The van der Waals surface area contributed by atoms with Crippen molar-refractivity contribution < 1.29 is 4.74 Å². The molecule has 0 bridgehead atoms. The summed E-state index contributed by atoms with van der Waals surface area (Å²) < 4.78 is 8.11. The van der Waals surface area contributed by atoms with E-state index in [1.807, 2.05) is 23.7 Å². The van der Waals surface area contributed by atoms with Gasteiger partial charge in [-0.3, -0.25) is 0 Å². The van der Waals surface area contributed by atoms with Crippen LogP contribution in [0.3, 0.4) is 0 Å². The Bertz CT molecular complexity index is 729. The van der Waals surface area contributed by atoms with Crippen LogP contribution >= 0.6 is 15.9 Å². The quantitative estimate of drug-likeness (QED) is 0.714. The molecule has 0 aliphatic carbocycles. The van der Waals surface area contributed by atoms with Crippen molar-refractivity contribution in [2.24, 2.45) is 7.05 Å². The van der Waals surface area contributed by atoms with E-state index in [1.54, 1.807) is 13.4 Å². The second-order valence-corrected chi connectivity index (χ2v) is 5.17. The van der Waals surface area contributed by atoms with E-state index in [2.05, 4.69) is 45.2 Å². The van der Waals surface area contributed by atoms with E-state index in [0.717, 1.165) is 21.6 Å². The first-order chi connectivity index (χ1) is 9.19. The van der Waals surface area contributed by atoms with Gasteiger partial charge in [0.05, 0.1) is 19.1 Å². The molecular formula is C15H13BrN2O. The number of benzene rings is 2. The van der Waals surface area contributed by atoms with Crippen LogP contribution in [0.25, 0.3) is 22.0 Å². The standard InChI is InChI=1S/C15H13BrN2O/c1-18-9-17-15(16)14(18)12-4-3-11-8-13(19-2)6-5-10(11)7-12/h3-9H,1-2H3. The number of methoxy groups -OCH3 is 1. The summed E-state index contributed by atoms with van der Waals surface area (Å²) in [6.45, 7) is 0. The summed E-state index contributed by atoms with van der Waals surface area (Å²) in [7, 11) is 3.67. The number of nitrogens with zero attached hydrogens (tertiary/aromatic N) is 2. The molecule has 1 aromatic heterocycles. The second kappa shape index (κ2) is 4.70. The minimum Gasteiger partial charge on any atom is -0.497 e. The lowest BCUT2D eigenvalue weighted by Crippen LogP contribution is -1.90. The fourth-order valence-corrected chi connectivity index (χ4v) is 2.82. The van der Waals surface area contributed by atoms with E-state index in [4.69, 9.17) is 4.74 Å². The highest BCUT2D eigenvalue weighted by molar-refractivity contribution is 9.10. The number of ether oxygens (including phenoxy) is 1. The zero-order valence-corrected chi connectivity index (χ0v) is 12.3. The smallest absolute Gasteiger partial charge is 0.132 e. The number of aromatic nitrogens is 2. The molecule has 3 aromatic rings. The third-order valence-corrected chi connectivity index (χ3v) is 3.79. The molecule has 0 unspecified atom stereocenters. The zero-order chi connectivity index (χ0) is 13.4. The first-order valence-corrected chi connectivity index (χ1v) is 6.73. The summed E-state index contributed by atoms with van der Waals surface area (Å²) in [4.78, 5) is 4.26. The van der Waals surface area contributed by atoms with Crippen LogP contribution in [0.1, 0.15) is 0 Å². The largest absolute Gasteiger partial charge is 0.497 e. The van der Waals surface area contributed by atoms with Gasteiger partial charge in [-0.25, -0.2) is 4.98 Å². The average Bonchev–Trinajstić information content (AvgIpc) is 2.77. The van der Waals surface area contributed by atoms with Crippen LogP contribution in [-0.2, 0) is 7.05 Å². The summed E-state index contributed by atoms with van der Waals surface area (Å²) in [6, 6.07) is 12.5. The molecule has 0 N–H and O–H groups in total. The van der Waals surface area contributed by atoms with Crippen LogP contribution in [0.5, 0.6) is 5.75 Å². The van der Waals surface area contributed by atoms with Crippen molar-refractivity contribution in [2.75, 3.05) is 7.11 Å². The molecule has 3 nitrogen and oxygen atoms in total. The SMILES string of the molecule is COc1ccc2cc(-c3c(Br)ncn3C)ccc2c1. The first kappa shape index (κ1) is 12.2. The van der Waals surface area contributed by atoms with E-state index in [-0.39, 0.29) is 0 Å². The molecule has 0 amide bonds. The molecule has 19 heavy (non-hydrogen) atoms. The van der Waals surface area contributed by atoms with Gasteiger partial charge in [0.2, 0.25) is 0 Å². The van der Waals surface area contributed by atoms with Gasteiger partial charge >= 0.3 is 0 Å².